The Kier molecular flexibility index (Phi) is 7.20. The Morgan fingerprint density at radius 2 is 1.79 bits per heavy atom. The van der Waals surface area contributed by atoms with Gasteiger partial charge >= 0.3 is 6.18 Å². The van der Waals surface area contributed by atoms with E-state index in [1.807, 2.05) is 0 Å². The average Bonchev–Trinajstić information content (AvgIpc) is 3.55. The maximum atomic E-state index is 13.2. The molecule has 0 radical (unpaired) electrons. The lowest BCUT2D eigenvalue weighted by atomic mass is 10.1. The quantitative estimate of drug-likeness (QED) is 0.340. The molecule has 5 rings (SSSR count). The molecule has 2 aromatic heterocycles. The van der Waals surface area contributed by atoms with Gasteiger partial charge in [-0.1, -0.05) is 16.8 Å². The fourth-order valence-corrected chi connectivity index (χ4v) is 7.35. The predicted octanol–water partition coefficient (Wildman–Crippen LogP) is 5.12. The number of halogens is 4. The fourth-order valence-electron chi connectivity index (χ4n) is 4.30. The van der Waals surface area contributed by atoms with E-state index in [0.717, 1.165) is 23.5 Å². The molecule has 8 nitrogen and oxygen atoms in total. The molecule has 1 N–H and O–H groups in total. The summed E-state index contributed by atoms with van der Waals surface area (Å²) in [5.74, 6) is -0.295. The molecule has 3 heterocycles. The van der Waals surface area contributed by atoms with Crippen LogP contribution in [0, 0.1) is 0 Å². The van der Waals surface area contributed by atoms with Crippen molar-refractivity contribution in [2.75, 3.05) is 13.1 Å². The molecule has 0 aliphatic carbocycles. The van der Waals surface area contributed by atoms with Crippen LogP contribution in [0.3, 0.4) is 0 Å². The van der Waals surface area contributed by atoms with Crippen molar-refractivity contribution in [3.05, 3.63) is 75.6 Å². The Labute approximate surface area is 225 Å². The number of nitrogens with zero attached hydrogens (tertiary/aromatic N) is 4. The van der Waals surface area contributed by atoms with Crippen molar-refractivity contribution in [1.82, 2.24) is 24.6 Å². The first kappa shape index (κ1) is 26.6. The van der Waals surface area contributed by atoms with E-state index in [0.29, 0.717) is 33.8 Å². The van der Waals surface area contributed by atoms with Gasteiger partial charge in [0, 0.05) is 28.6 Å². The first-order valence-corrected chi connectivity index (χ1v) is 14.2. The van der Waals surface area contributed by atoms with Crippen molar-refractivity contribution < 1.29 is 26.4 Å². The molecule has 1 aliphatic heterocycles. The first-order valence-electron chi connectivity index (χ1n) is 11.6. The van der Waals surface area contributed by atoms with Crippen molar-refractivity contribution >= 4 is 49.9 Å². The highest BCUT2D eigenvalue weighted by Crippen LogP contribution is 2.34. The van der Waals surface area contributed by atoms with E-state index in [9.17, 15) is 26.4 Å². The van der Waals surface area contributed by atoms with E-state index in [1.165, 1.54) is 16.4 Å². The number of aromatic nitrogens is 3. The zero-order valence-electron chi connectivity index (χ0n) is 19.7. The van der Waals surface area contributed by atoms with Gasteiger partial charge in [0.25, 0.3) is 15.9 Å². The molecule has 0 unspecified atom stereocenters. The standard InChI is InChI=1S/C24H21ClF3N5O3S2/c25-17-4-1-15(2-5-17)23(34)29-14-19-6-8-22(37-19)38(35,36)32-11-9-18(10-12-32)33-21-7-3-16(24(26,27)28)13-20(21)30-31-33/h1-8,13,18H,9-12,14H2,(H,29,34). The van der Waals surface area contributed by atoms with Gasteiger partial charge in [0.2, 0.25) is 0 Å². The molecular formula is C24H21ClF3N5O3S2. The Morgan fingerprint density at radius 1 is 1.08 bits per heavy atom. The van der Waals surface area contributed by atoms with Gasteiger partial charge in [0.05, 0.1) is 23.7 Å². The van der Waals surface area contributed by atoms with E-state index >= 15 is 0 Å². The number of amides is 1. The molecule has 2 aromatic carbocycles. The molecule has 14 heteroatoms. The highest BCUT2D eigenvalue weighted by molar-refractivity contribution is 7.91. The van der Waals surface area contributed by atoms with Crippen LogP contribution in [0.15, 0.2) is 58.8 Å². The maximum absolute atomic E-state index is 13.2. The molecule has 0 bridgehead atoms. The van der Waals surface area contributed by atoms with Crippen LogP contribution < -0.4 is 5.32 Å². The van der Waals surface area contributed by atoms with Crippen molar-refractivity contribution in [3.63, 3.8) is 0 Å². The number of rotatable bonds is 6. The number of fused-ring (bicyclic) bond motifs is 1. The minimum atomic E-state index is -4.47. The van der Waals surface area contributed by atoms with Gasteiger partial charge in [0.15, 0.2) is 0 Å². The molecule has 38 heavy (non-hydrogen) atoms. The molecule has 0 spiro atoms. The molecule has 1 saturated heterocycles. The monoisotopic (exact) mass is 583 g/mol. The summed E-state index contributed by atoms with van der Waals surface area (Å²) in [5.41, 5.74) is 0.271. The van der Waals surface area contributed by atoms with E-state index in [4.69, 9.17) is 11.6 Å². The lowest BCUT2D eigenvalue weighted by Gasteiger charge is -2.30. The summed E-state index contributed by atoms with van der Waals surface area (Å²) < 4.78 is 68.6. The van der Waals surface area contributed by atoms with Crippen LogP contribution in [0.1, 0.15) is 39.7 Å². The smallest absolute Gasteiger partial charge is 0.347 e. The lowest BCUT2D eigenvalue weighted by molar-refractivity contribution is -0.137. The number of hydrogen-bond acceptors (Lipinski definition) is 6. The van der Waals surface area contributed by atoms with Crippen molar-refractivity contribution in [3.8, 4) is 0 Å². The molecule has 1 amide bonds. The van der Waals surface area contributed by atoms with Crippen LogP contribution in [-0.2, 0) is 22.7 Å². The first-order chi connectivity index (χ1) is 18.0. The minimum absolute atomic E-state index is 0.143. The number of alkyl halides is 3. The lowest BCUT2D eigenvalue weighted by Crippen LogP contribution is -2.38. The second-order valence-electron chi connectivity index (χ2n) is 8.78. The molecule has 0 atom stereocenters. The SMILES string of the molecule is O=C(NCc1ccc(S(=O)(=O)N2CCC(n3nnc4cc(C(F)(F)F)ccc43)CC2)s1)c1ccc(Cl)cc1. The number of nitrogens with one attached hydrogen (secondary N) is 1. The summed E-state index contributed by atoms with van der Waals surface area (Å²) in [6.45, 7) is 0.643. The van der Waals surface area contributed by atoms with Gasteiger partial charge in [-0.3, -0.25) is 4.79 Å². The van der Waals surface area contributed by atoms with Crippen LogP contribution in [0.5, 0.6) is 0 Å². The van der Waals surface area contributed by atoms with E-state index in [-0.39, 0.29) is 41.3 Å². The van der Waals surface area contributed by atoms with Gasteiger partial charge in [-0.05, 0) is 67.4 Å². The van der Waals surface area contributed by atoms with Crippen LogP contribution in [0.4, 0.5) is 13.2 Å². The number of carbonyl (C=O) groups excluding carboxylic acids is 1. The van der Waals surface area contributed by atoms with Crippen molar-refractivity contribution in [1.29, 1.82) is 0 Å². The third-order valence-corrected chi connectivity index (χ3v) is 10.0. The number of benzene rings is 2. The molecule has 4 aromatic rings. The topological polar surface area (TPSA) is 97.2 Å². The van der Waals surface area contributed by atoms with E-state index in [2.05, 4.69) is 15.6 Å². The second kappa shape index (κ2) is 10.3. The summed E-state index contributed by atoms with van der Waals surface area (Å²) in [7, 11) is -3.74. The van der Waals surface area contributed by atoms with Gasteiger partial charge < -0.3 is 5.32 Å². The van der Waals surface area contributed by atoms with E-state index < -0.39 is 21.8 Å². The zero-order chi connectivity index (χ0) is 27.1. The molecule has 1 fully saturated rings. The van der Waals surface area contributed by atoms with Crippen LogP contribution in [0.2, 0.25) is 5.02 Å². The zero-order valence-corrected chi connectivity index (χ0v) is 22.0. The summed E-state index contributed by atoms with van der Waals surface area (Å²) >= 11 is 6.93. The van der Waals surface area contributed by atoms with Crippen molar-refractivity contribution in [2.45, 2.75) is 35.8 Å². The number of piperidine rings is 1. The Bertz CT molecular complexity index is 1580. The molecule has 200 valence electrons. The van der Waals surface area contributed by atoms with Gasteiger partial charge in [-0.25, -0.2) is 13.1 Å². The summed E-state index contributed by atoms with van der Waals surface area (Å²) in [4.78, 5) is 13.0. The van der Waals surface area contributed by atoms with Crippen molar-refractivity contribution in [2.24, 2.45) is 0 Å². The number of hydrogen-bond donors (Lipinski definition) is 1. The minimum Gasteiger partial charge on any atom is -0.347 e. The maximum Gasteiger partial charge on any atom is 0.416 e. The second-order valence-corrected chi connectivity index (χ2v) is 12.6. The summed E-state index contributed by atoms with van der Waals surface area (Å²) in [6.07, 6.45) is -3.59. The van der Waals surface area contributed by atoms with E-state index in [1.54, 1.807) is 35.0 Å². The predicted molar refractivity (Wildman–Crippen MR) is 137 cm³/mol. The highest BCUT2D eigenvalue weighted by atomic mass is 35.5. The third kappa shape index (κ3) is 5.41. The molecule has 1 aliphatic rings. The summed E-state index contributed by atoms with van der Waals surface area (Å²) in [5, 5.41) is 11.2. The van der Waals surface area contributed by atoms with Crippen LogP contribution in [-0.4, -0.2) is 46.7 Å². The fraction of sp³-hybridized carbons (Fsp3) is 0.292. The molecular weight excluding hydrogens is 563 g/mol. The number of carbonyl (C=O) groups is 1. The van der Waals surface area contributed by atoms with Gasteiger partial charge in [-0.2, -0.15) is 17.5 Å². The van der Waals surface area contributed by atoms with Crippen LogP contribution >= 0.6 is 22.9 Å². The normalized spacial score (nSPS) is 15.7. The number of sulfonamides is 1. The van der Waals surface area contributed by atoms with Gasteiger partial charge in [0.1, 0.15) is 9.73 Å². The van der Waals surface area contributed by atoms with Gasteiger partial charge in [-0.15, -0.1) is 16.4 Å². The third-order valence-electron chi connectivity index (χ3n) is 6.33. The number of thiophene rings is 1. The Balaban J connectivity index is 1.21. The largest absolute Gasteiger partial charge is 0.416 e. The Hall–Kier alpha value is -3.00. The average molecular weight is 584 g/mol. The highest BCUT2D eigenvalue weighted by Gasteiger charge is 2.33. The van der Waals surface area contributed by atoms with Crippen LogP contribution in [0.25, 0.3) is 11.0 Å². The Morgan fingerprint density at radius 3 is 2.47 bits per heavy atom. The summed E-state index contributed by atoms with van der Waals surface area (Å²) in [6, 6.07) is 12.8. The molecule has 0 saturated carbocycles.